The molecule has 0 aliphatic heterocycles. The summed E-state index contributed by atoms with van der Waals surface area (Å²) in [4.78, 5) is 0. The van der Waals surface area contributed by atoms with Crippen LogP contribution in [0, 0.1) is 0 Å². The maximum Gasteiger partial charge on any atom is 0.0964 e. The first-order chi connectivity index (χ1) is 7.30. The van der Waals surface area contributed by atoms with Crippen LogP contribution in [-0.4, -0.2) is 56.2 Å². The van der Waals surface area contributed by atoms with E-state index in [1.54, 1.807) is 6.20 Å². The summed E-state index contributed by atoms with van der Waals surface area (Å²) in [6, 6.07) is -0.340. The predicted molar refractivity (Wildman–Crippen MR) is 51.9 cm³/mol. The first-order valence-electron chi connectivity index (χ1n) is 4.75. The molecule has 7 heteroatoms. The van der Waals surface area contributed by atoms with E-state index >= 15 is 0 Å². The topological polar surface area (TPSA) is 103 Å². The molecule has 4 N–H and O–H groups in total. The number of aliphatic hydroxyl groups excluding tert-OH is 3. The van der Waals surface area contributed by atoms with Crippen molar-refractivity contribution in [3.8, 4) is 0 Å². The van der Waals surface area contributed by atoms with Crippen LogP contribution in [0.25, 0.3) is 0 Å². The van der Waals surface area contributed by atoms with Crippen LogP contribution in [0.5, 0.6) is 0 Å². The average Bonchev–Trinajstić information content (AvgIpc) is 2.68. The zero-order valence-corrected chi connectivity index (χ0v) is 8.37. The van der Waals surface area contributed by atoms with E-state index in [2.05, 4.69) is 15.6 Å². The van der Waals surface area contributed by atoms with E-state index in [4.69, 9.17) is 15.3 Å². The van der Waals surface area contributed by atoms with Crippen molar-refractivity contribution in [3.05, 3.63) is 11.9 Å². The van der Waals surface area contributed by atoms with Crippen molar-refractivity contribution in [2.24, 2.45) is 0 Å². The van der Waals surface area contributed by atoms with E-state index in [0.29, 0.717) is 18.8 Å². The van der Waals surface area contributed by atoms with E-state index in [1.165, 1.54) is 4.68 Å². The van der Waals surface area contributed by atoms with E-state index < -0.39 is 0 Å². The van der Waals surface area contributed by atoms with Crippen molar-refractivity contribution in [2.75, 3.05) is 19.8 Å². The lowest BCUT2D eigenvalue weighted by Gasteiger charge is -2.11. The lowest BCUT2D eigenvalue weighted by atomic mass is 10.3. The van der Waals surface area contributed by atoms with E-state index in [0.717, 1.165) is 0 Å². The molecule has 15 heavy (non-hydrogen) atoms. The third-order valence-corrected chi connectivity index (χ3v) is 1.93. The summed E-state index contributed by atoms with van der Waals surface area (Å²) in [6.45, 7) is 0.613. The molecule has 0 unspecified atom stereocenters. The highest BCUT2D eigenvalue weighted by atomic mass is 16.3. The van der Waals surface area contributed by atoms with Gasteiger partial charge >= 0.3 is 0 Å². The molecule has 1 heterocycles. The summed E-state index contributed by atoms with van der Waals surface area (Å²) in [5.74, 6) is 0. The van der Waals surface area contributed by atoms with Gasteiger partial charge in [-0.3, -0.25) is 0 Å². The standard InChI is InChI=1S/C8H16N4O3/c13-2-1-12-4-7(10-11-12)3-9-8(5-14)6-15/h4,8-9,13-15H,1-3,5-6H2. The largest absolute Gasteiger partial charge is 0.395 e. The van der Waals surface area contributed by atoms with Crippen LogP contribution < -0.4 is 5.32 Å². The Hall–Kier alpha value is -1.02. The van der Waals surface area contributed by atoms with Gasteiger partial charge in [-0.25, -0.2) is 4.68 Å². The van der Waals surface area contributed by atoms with Crippen molar-refractivity contribution >= 4 is 0 Å². The van der Waals surface area contributed by atoms with E-state index in [1.807, 2.05) is 0 Å². The minimum atomic E-state index is -0.340. The van der Waals surface area contributed by atoms with E-state index in [9.17, 15) is 0 Å². The highest BCUT2D eigenvalue weighted by Gasteiger charge is 2.06. The number of nitrogens with one attached hydrogen (secondary N) is 1. The lowest BCUT2D eigenvalue weighted by molar-refractivity contribution is 0.170. The van der Waals surface area contributed by atoms with Gasteiger partial charge in [-0.2, -0.15) is 0 Å². The summed E-state index contributed by atoms with van der Waals surface area (Å²) < 4.78 is 1.53. The molecule has 1 rings (SSSR count). The molecule has 0 aromatic carbocycles. The first-order valence-corrected chi connectivity index (χ1v) is 4.75. The number of rotatable bonds is 7. The molecule has 1 aromatic rings. The minimum Gasteiger partial charge on any atom is -0.395 e. The van der Waals surface area contributed by atoms with Crippen LogP contribution >= 0.6 is 0 Å². The zero-order chi connectivity index (χ0) is 11.1. The van der Waals surface area contributed by atoms with Crippen LogP contribution in [0.3, 0.4) is 0 Å². The zero-order valence-electron chi connectivity index (χ0n) is 8.37. The summed E-state index contributed by atoms with van der Waals surface area (Å²) in [6.07, 6.45) is 1.70. The molecule has 0 aliphatic rings. The molecule has 0 atom stereocenters. The summed E-state index contributed by atoms with van der Waals surface area (Å²) in [5.41, 5.74) is 0.704. The fraction of sp³-hybridized carbons (Fsp3) is 0.750. The summed E-state index contributed by atoms with van der Waals surface area (Å²) in [7, 11) is 0. The molecule has 0 spiro atoms. The van der Waals surface area contributed by atoms with Gasteiger partial charge in [0.1, 0.15) is 0 Å². The fourth-order valence-electron chi connectivity index (χ4n) is 1.07. The lowest BCUT2D eigenvalue weighted by Crippen LogP contribution is -2.35. The molecule has 7 nitrogen and oxygen atoms in total. The third kappa shape index (κ3) is 3.92. The average molecular weight is 216 g/mol. The third-order valence-electron chi connectivity index (χ3n) is 1.93. The second-order valence-corrected chi connectivity index (χ2v) is 3.14. The summed E-state index contributed by atoms with van der Waals surface area (Å²) >= 11 is 0. The predicted octanol–water partition coefficient (Wildman–Crippen LogP) is -2.29. The van der Waals surface area contributed by atoms with Gasteiger partial charge in [-0.1, -0.05) is 5.21 Å². The Morgan fingerprint density at radius 2 is 2.07 bits per heavy atom. The molecule has 0 aliphatic carbocycles. The number of hydrogen-bond acceptors (Lipinski definition) is 6. The van der Waals surface area contributed by atoms with Gasteiger partial charge in [-0.05, 0) is 0 Å². The van der Waals surface area contributed by atoms with Gasteiger partial charge < -0.3 is 20.6 Å². The van der Waals surface area contributed by atoms with Crippen LogP contribution in [0.2, 0.25) is 0 Å². The Bertz CT molecular complexity index is 275. The van der Waals surface area contributed by atoms with Crippen molar-refractivity contribution in [1.82, 2.24) is 20.3 Å². The smallest absolute Gasteiger partial charge is 0.0964 e. The van der Waals surface area contributed by atoms with Crippen LogP contribution in [0.4, 0.5) is 0 Å². The molecule has 0 amide bonds. The Morgan fingerprint density at radius 3 is 2.67 bits per heavy atom. The molecule has 0 radical (unpaired) electrons. The van der Waals surface area contributed by atoms with Crippen molar-refractivity contribution in [2.45, 2.75) is 19.1 Å². The molecule has 0 saturated carbocycles. The van der Waals surface area contributed by atoms with Crippen LogP contribution in [0.15, 0.2) is 6.20 Å². The van der Waals surface area contributed by atoms with Gasteiger partial charge in [0.2, 0.25) is 0 Å². The maximum atomic E-state index is 8.80. The Morgan fingerprint density at radius 1 is 1.33 bits per heavy atom. The Labute approximate surface area is 87.3 Å². The molecule has 0 fully saturated rings. The monoisotopic (exact) mass is 216 g/mol. The normalized spacial score (nSPS) is 11.2. The van der Waals surface area contributed by atoms with Gasteiger partial charge in [0, 0.05) is 12.7 Å². The molecular formula is C8H16N4O3. The van der Waals surface area contributed by atoms with Crippen molar-refractivity contribution < 1.29 is 15.3 Å². The van der Waals surface area contributed by atoms with Gasteiger partial charge in [0.25, 0.3) is 0 Å². The van der Waals surface area contributed by atoms with E-state index in [-0.39, 0.29) is 25.9 Å². The molecule has 0 bridgehead atoms. The van der Waals surface area contributed by atoms with Crippen LogP contribution in [-0.2, 0) is 13.1 Å². The first kappa shape index (κ1) is 12.1. The number of nitrogens with zero attached hydrogens (tertiary/aromatic N) is 3. The quantitative estimate of drug-likeness (QED) is 0.409. The van der Waals surface area contributed by atoms with Crippen LogP contribution in [0.1, 0.15) is 5.69 Å². The molecule has 0 saturated heterocycles. The second kappa shape index (κ2) is 6.46. The highest BCUT2D eigenvalue weighted by Crippen LogP contribution is 1.93. The Balaban J connectivity index is 2.36. The van der Waals surface area contributed by atoms with Gasteiger partial charge in [0.15, 0.2) is 0 Å². The molecular weight excluding hydrogens is 200 g/mol. The second-order valence-electron chi connectivity index (χ2n) is 3.14. The summed E-state index contributed by atoms with van der Waals surface area (Å²) in [5, 5.41) is 36.8. The number of aromatic nitrogens is 3. The molecule has 86 valence electrons. The number of hydrogen-bond donors (Lipinski definition) is 4. The minimum absolute atomic E-state index is 0.0200. The Kier molecular flexibility index (Phi) is 5.19. The molecule has 1 aromatic heterocycles. The van der Waals surface area contributed by atoms with Crippen molar-refractivity contribution in [3.63, 3.8) is 0 Å². The SMILES string of the molecule is OCCn1cc(CNC(CO)CO)nn1. The van der Waals surface area contributed by atoms with Crippen molar-refractivity contribution in [1.29, 1.82) is 0 Å². The van der Waals surface area contributed by atoms with Gasteiger partial charge in [-0.15, -0.1) is 5.10 Å². The highest BCUT2D eigenvalue weighted by molar-refractivity contribution is 4.92. The number of aliphatic hydroxyl groups is 3. The van der Waals surface area contributed by atoms with Gasteiger partial charge in [0.05, 0.1) is 38.1 Å². The maximum absolute atomic E-state index is 8.80. The fourth-order valence-corrected chi connectivity index (χ4v) is 1.07.